The van der Waals surface area contributed by atoms with Crippen LogP contribution in [-0.4, -0.2) is 46.5 Å². The van der Waals surface area contributed by atoms with Crippen molar-refractivity contribution in [2.24, 2.45) is 0 Å². The van der Waals surface area contributed by atoms with Gasteiger partial charge in [0.15, 0.2) is 0 Å². The molecule has 0 N–H and O–H groups in total. The Morgan fingerprint density at radius 3 is 3.05 bits per heavy atom. The van der Waals surface area contributed by atoms with Crippen LogP contribution in [0.2, 0.25) is 0 Å². The van der Waals surface area contributed by atoms with Gasteiger partial charge in [0, 0.05) is 43.3 Å². The van der Waals surface area contributed by atoms with Crippen LogP contribution in [0.5, 0.6) is 0 Å². The molecule has 2 fully saturated rings. The third-order valence-electron chi connectivity index (χ3n) is 5.16. The summed E-state index contributed by atoms with van der Waals surface area (Å²) >= 11 is 0. The van der Waals surface area contributed by atoms with Crippen molar-refractivity contribution in [3.63, 3.8) is 0 Å². The first-order valence-corrected chi connectivity index (χ1v) is 8.12. The molecule has 0 saturated carbocycles. The van der Waals surface area contributed by atoms with Crippen molar-refractivity contribution in [1.82, 2.24) is 14.8 Å². The van der Waals surface area contributed by atoms with E-state index in [1.54, 1.807) is 0 Å². The second-order valence-corrected chi connectivity index (χ2v) is 6.56. The molecule has 1 aromatic carbocycles. The summed E-state index contributed by atoms with van der Waals surface area (Å²) in [7, 11) is 0. The first-order chi connectivity index (χ1) is 10.3. The number of benzene rings is 1. The SMILES string of the molecule is C[C@H]1CN2CCC[C@@H]2CN1Cc1cccc2cccnc12. The van der Waals surface area contributed by atoms with Crippen molar-refractivity contribution < 1.29 is 0 Å². The van der Waals surface area contributed by atoms with Crippen LogP contribution in [0.25, 0.3) is 10.9 Å². The highest BCUT2D eigenvalue weighted by molar-refractivity contribution is 5.81. The minimum Gasteiger partial charge on any atom is -0.298 e. The molecule has 3 heteroatoms. The van der Waals surface area contributed by atoms with Crippen LogP contribution < -0.4 is 0 Å². The second kappa shape index (κ2) is 5.39. The fraction of sp³-hybridized carbons (Fsp3) is 0.500. The molecule has 2 aliphatic heterocycles. The van der Waals surface area contributed by atoms with Gasteiger partial charge in [0.2, 0.25) is 0 Å². The molecule has 0 spiro atoms. The van der Waals surface area contributed by atoms with Crippen LogP contribution >= 0.6 is 0 Å². The van der Waals surface area contributed by atoms with E-state index in [9.17, 15) is 0 Å². The second-order valence-electron chi connectivity index (χ2n) is 6.56. The maximum Gasteiger partial charge on any atom is 0.0746 e. The lowest BCUT2D eigenvalue weighted by molar-refractivity contribution is 0.0543. The largest absolute Gasteiger partial charge is 0.298 e. The Labute approximate surface area is 126 Å². The van der Waals surface area contributed by atoms with Gasteiger partial charge in [-0.3, -0.25) is 14.8 Å². The zero-order chi connectivity index (χ0) is 14.2. The topological polar surface area (TPSA) is 19.4 Å². The minimum atomic E-state index is 0.637. The number of piperazine rings is 1. The Kier molecular flexibility index (Phi) is 3.40. The normalized spacial score (nSPS) is 27.1. The molecule has 2 aliphatic rings. The molecule has 1 aromatic heterocycles. The van der Waals surface area contributed by atoms with Gasteiger partial charge in [0.1, 0.15) is 0 Å². The molecular weight excluding hydrogens is 258 g/mol. The van der Waals surface area contributed by atoms with Gasteiger partial charge in [-0.15, -0.1) is 0 Å². The molecule has 0 bridgehead atoms. The summed E-state index contributed by atoms with van der Waals surface area (Å²) in [5.41, 5.74) is 2.53. The summed E-state index contributed by atoms with van der Waals surface area (Å²) in [6.07, 6.45) is 4.65. The predicted octanol–water partition coefficient (Wildman–Crippen LogP) is 2.90. The van der Waals surface area contributed by atoms with Crippen LogP contribution in [0.1, 0.15) is 25.3 Å². The lowest BCUT2D eigenvalue weighted by atomic mass is 10.0. The number of nitrogens with zero attached hydrogens (tertiary/aromatic N) is 3. The minimum absolute atomic E-state index is 0.637. The Morgan fingerprint density at radius 2 is 2.10 bits per heavy atom. The van der Waals surface area contributed by atoms with Crippen molar-refractivity contribution in [3.05, 3.63) is 42.1 Å². The fourth-order valence-electron chi connectivity index (χ4n) is 3.98. The third kappa shape index (κ3) is 2.45. The van der Waals surface area contributed by atoms with Crippen LogP contribution in [0.3, 0.4) is 0 Å². The lowest BCUT2D eigenvalue weighted by Gasteiger charge is -2.42. The average molecular weight is 281 g/mol. The molecular formula is C18H23N3. The molecule has 0 amide bonds. The standard InChI is InChI=1S/C18H23N3/c1-14-11-20-10-4-8-17(20)13-21(14)12-16-6-2-5-15-7-3-9-19-18(15)16/h2-3,5-7,9,14,17H,4,8,10-13H2,1H3/t14-,17+/m0/s1. The quantitative estimate of drug-likeness (QED) is 0.844. The summed E-state index contributed by atoms with van der Waals surface area (Å²) in [5.74, 6) is 0. The smallest absolute Gasteiger partial charge is 0.0746 e. The fourth-order valence-corrected chi connectivity index (χ4v) is 3.98. The van der Waals surface area contributed by atoms with Crippen LogP contribution in [0.4, 0.5) is 0 Å². The predicted molar refractivity (Wildman–Crippen MR) is 86.2 cm³/mol. The van der Waals surface area contributed by atoms with Crippen molar-refractivity contribution in [2.75, 3.05) is 19.6 Å². The molecule has 4 rings (SSSR count). The molecule has 2 saturated heterocycles. The van der Waals surface area contributed by atoms with Crippen LogP contribution in [0.15, 0.2) is 36.5 Å². The van der Waals surface area contributed by atoms with E-state index in [1.807, 2.05) is 12.3 Å². The van der Waals surface area contributed by atoms with Crippen LogP contribution in [-0.2, 0) is 6.54 Å². The van der Waals surface area contributed by atoms with E-state index in [4.69, 9.17) is 0 Å². The van der Waals surface area contributed by atoms with E-state index in [2.05, 4.69) is 46.0 Å². The molecule has 21 heavy (non-hydrogen) atoms. The molecule has 2 aromatic rings. The van der Waals surface area contributed by atoms with Crippen molar-refractivity contribution in [2.45, 2.75) is 38.4 Å². The molecule has 3 heterocycles. The number of pyridine rings is 1. The van der Waals surface area contributed by atoms with E-state index in [0.29, 0.717) is 6.04 Å². The monoisotopic (exact) mass is 281 g/mol. The van der Waals surface area contributed by atoms with Gasteiger partial charge in [-0.1, -0.05) is 24.3 Å². The van der Waals surface area contributed by atoms with Crippen LogP contribution in [0, 0.1) is 0 Å². The Morgan fingerprint density at radius 1 is 1.19 bits per heavy atom. The van der Waals surface area contributed by atoms with Gasteiger partial charge in [-0.05, 0) is 37.9 Å². The van der Waals surface area contributed by atoms with Crippen molar-refractivity contribution in [3.8, 4) is 0 Å². The van der Waals surface area contributed by atoms with E-state index in [0.717, 1.165) is 12.6 Å². The zero-order valence-corrected chi connectivity index (χ0v) is 12.7. The highest BCUT2D eigenvalue weighted by Gasteiger charge is 2.34. The molecule has 0 unspecified atom stereocenters. The van der Waals surface area contributed by atoms with Gasteiger partial charge >= 0.3 is 0 Å². The van der Waals surface area contributed by atoms with Crippen molar-refractivity contribution in [1.29, 1.82) is 0 Å². The van der Waals surface area contributed by atoms with Gasteiger partial charge in [0.25, 0.3) is 0 Å². The molecule has 3 nitrogen and oxygen atoms in total. The van der Waals surface area contributed by atoms with E-state index in [1.165, 1.54) is 48.9 Å². The summed E-state index contributed by atoms with van der Waals surface area (Å²) in [4.78, 5) is 9.93. The van der Waals surface area contributed by atoms with E-state index < -0.39 is 0 Å². The third-order valence-corrected chi connectivity index (χ3v) is 5.16. The number of aromatic nitrogens is 1. The number of rotatable bonds is 2. The summed E-state index contributed by atoms with van der Waals surface area (Å²) in [5, 5.41) is 1.25. The highest BCUT2D eigenvalue weighted by atomic mass is 15.3. The number of fused-ring (bicyclic) bond motifs is 2. The summed E-state index contributed by atoms with van der Waals surface area (Å²) in [6, 6.07) is 12.2. The summed E-state index contributed by atoms with van der Waals surface area (Å²) in [6.45, 7) is 7.14. The lowest BCUT2D eigenvalue weighted by Crippen LogP contribution is -2.54. The van der Waals surface area contributed by atoms with Gasteiger partial charge < -0.3 is 0 Å². The van der Waals surface area contributed by atoms with E-state index in [-0.39, 0.29) is 0 Å². The molecule has 0 aliphatic carbocycles. The van der Waals surface area contributed by atoms with Gasteiger partial charge in [-0.2, -0.15) is 0 Å². The Hall–Kier alpha value is -1.45. The number of hydrogen-bond acceptors (Lipinski definition) is 3. The molecule has 0 radical (unpaired) electrons. The van der Waals surface area contributed by atoms with Gasteiger partial charge in [0.05, 0.1) is 5.52 Å². The number of para-hydroxylation sites is 1. The average Bonchev–Trinajstić information content (AvgIpc) is 2.95. The molecule has 110 valence electrons. The Bertz CT molecular complexity index is 634. The zero-order valence-electron chi connectivity index (χ0n) is 12.7. The molecule has 2 atom stereocenters. The van der Waals surface area contributed by atoms with E-state index >= 15 is 0 Å². The highest BCUT2D eigenvalue weighted by Crippen LogP contribution is 2.27. The number of hydrogen-bond donors (Lipinski definition) is 0. The Balaban J connectivity index is 1.59. The van der Waals surface area contributed by atoms with Crippen molar-refractivity contribution >= 4 is 10.9 Å². The van der Waals surface area contributed by atoms with Gasteiger partial charge in [-0.25, -0.2) is 0 Å². The first kappa shape index (κ1) is 13.2. The summed E-state index contributed by atoms with van der Waals surface area (Å²) < 4.78 is 0. The first-order valence-electron chi connectivity index (χ1n) is 8.12. The maximum atomic E-state index is 4.60. The maximum absolute atomic E-state index is 4.60.